The molecule has 1 fully saturated rings. The zero-order chi connectivity index (χ0) is 22.0. The SMILES string of the molecule is CCOC(=O)c1c(-c2ccc(F)cc2)oc2cc(NCC3CCCC3)c(C(C)=O)cc12. The van der Waals surface area contributed by atoms with Crippen molar-refractivity contribution in [3.8, 4) is 11.3 Å². The van der Waals surface area contributed by atoms with Crippen LogP contribution in [0.3, 0.4) is 0 Å². The molecule has 1 aliphatic rings. The first-order chi connectivity index (χ1) is 15.0. The number of hydrogen-bond donors (Lipinski definition) is 1. The maximum atomic E-state index is 13.4. The zero-order valence-electron chi connectivity index (χ0n) is 17.8. The molecular formula is C25H26FNO4. The summed E-state index contributed by atoms with van der Waals surface area (Å²) in [5.41, 5.74) is 2.48. The Morgan fingerprint density at radius 2 is 1.87 bits per heavy atom. The van der Waals surface area contributed by atoms with Gasteiger partial charge in [-0.25, -0.2) is 9.18 Å². The van der Waals surface area contributed by atoms with Crippen LogP contribution in [0.2, 0.25) is 0 Å². The summed E-state index contributed by atoms with van der Waals surface area (Å²) >= 11 is 0. The van der Waals surface area contributed by atoms with Gasteiger partial charge >= 0.3 is 5.97 Å². The molecule has 1 saturated carbocycles. The second-order valence-electron chi connectivity index (χ2n) is 8.02. The molecule has 0 saturated heterocycles. The number of fused-ring (bicyclic) bond motifs is 1. The summed E-state index contributed by atoms with van der Waals surface area (Å²) in [6, 6.07) is 9.20. The monoisotopic (exact) mass is 423 g/mol. The second kappa shape index (κ2) is 8.92. The maximum absolute atomic E-state index is 13.4. The van der Waals surface area contributed by atoms with E-state index in [2.05, 4.69) is 5.32 Å². The van der Waals surface area contributed by atoms with Gasteiger partial charge in [-0.05, 0) is 62.9 Å². The average Bonchev–Trinajstić information content (AvgIpc) is 3.39. The van der Waals surface area contributed by atoms with Gasteiger partial charge in [-0.1, -0.05) is 12.8 Å². The number of Topliss-reactive ketones (excluding diaryl/α,β-unsaturated/α-hetero) is 1. The van der Waals surface area contributed by atoms with Gasteiger partial charge in [0.15, 0.2) is 5.78 Å². The first-order valence-corrected chi connectivity index (χ1v) is 10.8. The summed E-state index contributed by atoms with van der Waals surface area (Å²) in [7, 11) is 0. The number of esters is 1. The molecule has 1 heterocycles. The lowest BCUT2D eigenvalue weighted by atomic mass is 10.0. The number of rotatable bonds is 7. The van der Waals surface area contributed by atoms with E-state index in [1.807, 2.05) is 0 Å². The van der Waals surface area contributed by atoms with Gasteiger partial charge < -0.3 is 14.5 Å². The highest BCUT2D eigenvalue weighted by molar-refractivity contribution is 6.12. The van der Waals surface area contributed by atoms with Crippen molar-refractivity contribution in [2.75, 3.05) is 18.5 Å². The van der Waals surface area contributed by atoms with E-state index in [0.29, 0.717) is 39.5 Å². The quantitative estimate of drug-likeness (QED) is 0.361. The van der Waals surface area contributed by atoms with Crippen molar-refractivity contribution in [2.24, 2.45) is 5.92 Å². The van der Waals surface area contributed by atoms with E-state index in [0.717, 1.165) is 6.54 Å². The van der Waals surface area contributed by atoms with Crippen LogP contribution in [0.15, 0.2) is 40.8 Å². The first kappa shape index (κ1) is 21.1. The highest BCUT2D eigenvalue weighted by Crippen LogP contribution is 2.37. The minimum absolute atomic E-state index is 0.102. The van der Waals surface area contributed by atoms with Crippen LogP contribution < -0.4 is 5.32 Å². The standard InChI is InChI=1S/C25H26FNO4/c1-3-30-25(29)23-20-12-19(15(2)28)21(27-14-16-6-4-5-7-16)13-22(20)31-24(23)17-8-10-18(26)11-9-17/h8-13,16,27H,3-7,14H2,1-2H3. The largest absolute Gasteiger partial charge is 0.462 e. The Hall–Kier alpha value is -3.15. The van der Waals surface area contributed by atoms with Gasteiger partial charge in [-0.2, -0.15) is 0 Å². The average molecular weight is 423 g/mol. The highest BCUT2D eigenvalue weighted by Gasteiger charge is 2.25. The molecule has 3 aromatic rings. The molecule has 6 heteroatoms. The lowest BCUT2D eigenvalue weighted by Gasteiger charge is -2.14. The van der Waals surface area contributed by atoms with Crippen molar-refractivity contribution in [3.63, 3.8) is 0 Å². The Morgan fingerprint density at radius 1 is 1.16 bits per heavy atom. The lowest BCUT2D eigenvalue weighted by molar-refractivity contribution is 0.0528. The van der Waals surface area contributed by atoms with E-state index in [-0.39, 0.29) is 23.8 Å². The first-order valence-electron chi connectivity index (χ1n) is 10.8. The Bertz CT molecular complexity index is 1110. The molecule has 0 atom stereocenters. The van der Waals surface area contributed by atoms with Gasteiger partial charge in [0.2, 0.25) is 0 Å². The third kappa shape index (κ3) is 4.33. The van der Waals surface area contributed by atoms with Crippen LogP contribution in [0.5, 0.6) is 0 Å². The number of anilines is 1. The summed E-state index contributed by atoms with van der Waals surface area (Å²) in [6.45, 7) is 4.23. The lowest BCUT2D eigenvalue weighted by Crippen LogP contribution is -2.13. The molecule has 1 N–H and O–H groups in total. The topological polar surface area (TPSA) is 68.5 Å². The summed E-state index contributed by atoms with van der Waals surface area (Å²) in [4.78, 5) is 25.2. The van der Waals surface area contributed by atoms with E-state index in [1.165, 1.54) is 44.7 Å². The van der Waals surface area contributed by atoms with Gasteiger partial charge in [0, 0.05) is 34.8 Å². The van der Waals surface area contributed by atoms with Gasteiger partial charge in [-0.3, -0.25) is 4.79 Å². The molecular weight excluding hydrogens is 397 g/mol. The van der Waals surface area contributed by atoms with E-state index in [4.69, 9.17) is 9.15 Å². The van der Waals surface area contributed by atoms with Crippen molar-refractivity contribution >= 4 is 28.4 Å². The number of carbonyl (C=O) groups excluding carboxylic acids is 2. The van der Waals surface area contributed by atoms with E-state index in [9.17, 15) is 14.0 Å². The Morgan fingerprint density at radius 3 is 2.52 bits per heavy atom. The molecule has 5 nitrogen and oxygen atoms in total. The van der Waals surface area contributed by atoms with Crippen molar-refractivity contribution in [1.29, 1.82) is 0 Å². The van der Waals surface area contributed by atoms with Crippen molar-refractivity contribution in [2.45, 2.75) is 39.5 Å². The summed E-state index contributed by atoms with van der Waals surface area (Å²) in [5, 5.41) is 3.92. The fourth-order valence-electron chi connectivity index (χ4n) is 4.26. The van der Waals surface area contributed by atoms with Crippen LogP contribution in [0.1, 0.15) is 60.2 Å². The van der Waals surface area contributed by atoms with E-state index >= 15 is 0 Å². The second-order valence-corrected chi connectivity index (χ2v) is 8.02. The molecule has 1 aliphatic carbocycles. The fourth-order valence-corrected chi connectivity index (χ4v) is 4.26. The highest BCUT2D eigenvalue weighted by atomic mass is 19.1. The van der Waals surface area contributed by atoms with Crippen molar-refractivity contribution in [3.05, 3.63) is 53.3 Å². The minimum atomic E-state index is -0.540. The third-order valence-corrected chi connectivity index (χ3v) is 5.85. The zero-order valence-corrected chi connectivity index (χ0v) is 17.8. The predicted molar refractivity (Wildman–Crippen MR) is 118 cm³/mol. The number of ether oxygens (including phenoxy) is 1. The normalized spacial score (nSPS) is 14.2. The smallest absolute Gasteiger partial charge is 0.342 e. The van der Waals surface area contributed by atoms with Crippen LogP contribution >= 0.6 is 0 Å². The molecule has 0 unspecified atom stereocenters. The fraction of sp³-hybridized carbons (Fsp3) is 0.360. The Balaban J connectivity index is 1.83. The van der Waals surface area contributed by atoms with Crippen LogP contribution in [0.25, 0.3) is 22.3 Å². The van der Waals surface area contributed by atoms with Crippen LogP contribution in [0.4, 0.5) is 10.1 Å². The van der Waals surface area contributed by atoms with Gasteiger partial charge in [0.05, 0.1) is 6.61 Å². The summed E-state index contributed by atoms with van der Waals surface area (Å²) in [6.07, 6.45) is 4.86. The molecule has 0 bridgehead atoms. The van der Waals surface area contributed by atoms with Gasteiger partial charge in [0.1, 0.15) is 22.7 Å². The van der Waals surface area contributed by atoms with Crippen LogP contribution in [-0.2, 0) is 4.74 Å². The van der Waals surface area contributed by atoms with Crippen molar-refractivity contribution < 1.29 is 23.1 Å². The van der Waals surface area contributed by atoms with Gasteiger partial charge in [-0.15, -0.1) is 0 Å². The Labute approximate surface area is 180 Å². The summed E-state index contributed by atoms with van der Waals surface area (Å²) < 4.78 is 24.7. The molecule has 1 aromatic heterocycles. The number of ketones is 1. The van der Waals surface area contributed by atoms with Gasteiger partial charge in [0.25, 0.3) is 0 Å². The predicted octanol–water partition coefficient (Wildman–Crippen LogP) is 6.22. The molecule has 0 aliphatic heterocycles. The molecule has 2 aromatic carbocycles. The summed E-state index contributed by atoms with van der Waals surface area (Å²) in [5.74, 6) is -0.125. The number of furan rings is 1. The minimum Gasteiger partial charge on any atom is -0.462 e. The van der Waals surface area contributed by atoms with Crippen LogP contribution in [0, 0.1) is 11.7 Å². The molecule has 0 amide bonds. The number of benzene rings is 2. The van der Waals surface area contributed by atoms with E-state index < -0.39 is 5.97 Å². The van der Waals surface area contributed by atoms with Crippen molar-refractivity contribution in [1.82, 2.24) is 0 Å². The number of halogens is 1. The Kier molecular flexibility index (Phi) is 6.07. The molecule has 4 rings (SSSR count). The molecule has 162 valence electrons. The number of hydrogen-bond acceptors (Lipinski definition) is 5. The number of carbonyl (C=O) groups is 2. The van der Waals surface area contributed by atoms with Crippen LogP contribution in [-0.4, -0.2) is 24.9 Å². The maximum Gasteiger partial charge on any atom is 0.342 e. The molecule has 31 heavy (non-hydrogen) atoms. The molecule has 0 spiro atoms. The number of nitrogens with one attached hydrogen (secondary N) is 1. The molecule has 0 radical (unpaired) electrons. The van der Waals surface area contributed by atoms with E-state index in [1.54, 1.807) is 31.2 Å². The third-order valence-electron chi connectivity index (χ3n) is 5.85.